The minimum atomic E-state index is -0.494. The summed E-state index contributed by atoms with van der Waals surface area (Å²) in [5, 5.41) is 0. The summed E-state index contributed by atoms with van der Waals surface area (Å²) in [5.74, 6) is -1.30. The van der Waals surface area contributed by atoms with E-state index in [9.17, 15) is 14.4 Å². The van der Waals surface area contributed by atoms with Gasteiger partial charge in [0.25, 0.3) is 0 Å². The monoisotopic (exact) mass is 241 g/mol. The molecule has 0 heterocycles. The fraction of sp³-hybridized carbons (Fsp3) is 0.600. The summed E-state index contributed by atoms with van der Waals surface area (Å²) in [7, 11) is 1.45. The van der Waals surface area contributed by atoms with Gasteiger partial charge in [-0.25, -0.2) is 0 Å². The van der Waals surface area contributed by atoms with Gasteiger partial charge in [-0.1, -0.05) is 0 Å². The largest absolute Gasteiger partial charge is 0.465 e. The Labute approximate surface area is 99.0 Å². The third-order valence-corrected chi connectivity index (χ3v) is 1.88. The Hall–Kier alpha value is -2.01. The normalized spacial score (nSPS) is 9.06. The highest BCUT2D eigenvalue weighted by molar-refractivity contribution is 6.25. The van der Waals surface area contributed by atoms with Crippen LogP contribution < -0.4 is 0 Å². The lowest BCUT2D eigenvalue weighted by Gasteiger charge is -2.15. The predicted octanol–water partition coefficient (Wildman–Crippen LogP) is -0.342. The van der Waals surface area contributed by atoms with Gasteiger partial charge in [-0.2, -0.15) is 4.79 Å². The van der Waals surface area contributed by atoms with Crippen LogP contribution in [0.2, 0.25) is 0 Å². The molecular weight excluding hydrogens is 226 g/mol. The van der Waals surface area contributed by atoms with Crippen molar-refractivity contribution in [2.45, 2.75) is 19.8 Å². The first kappa shape index (κ1) is 15.0. The standard InChI is InChI=1S/C10H15N3O4/c1-3-17-10(16)7-13(2)9(15)5-4-8(14)6-12-11/h6H,3-5,7H2,1-2H3. The lowest BCUT2D eigenvalue weighted by atomic mass is 10.2. The molecule has 0 aliphatic carbocycles. The second kappa shape index (κ2) is 8.18. The third-order valence-electron chi connectivity index (χ3n) is 1.88. The SMILES string of the molecule is CCOC(=O)CN(C)C(=O)CCC(=O)C=[N+]=[N-]. The van der Waals surface area contributed by atoms with E-state index < -0.39 is 11.8 Å². The summed E-state index contributed by atoms with van der Waals surface area (Å²) < 4.78 is 4.67. The van der Waals surface area contributed by atoms with Crippen molar-refractivity contribution in [1.29, 1.82) is 0 Å². The molecule has 0 unspecified atom stereocenters. The van der Waals surface area contributed by atoms with Gasteiger partial charge in [-0.05, 0) is 6.92 Å². The number of ether oxygens (including phenoxy) is 1. The van der Waals surface area contributed by atoms with E-state index in [1.54, 1.807) is 6.92 Å². The predicted molar refractivity (Wildman–Crippen MR) is 58.2 cm³/mol. The van der Waals surface area contributed by atoms with Gasteiger partial charge in [0.1, 0.15) is 6.54 Å². The Kier molecular flexibility index (Phi) is 7.21. The maximum atomic E-state index is 11.5. The number of carbonyl (C=O) groups excluding carboxylic acids is 3. The zero-order chi connectivity index (χ0) is 13.3. The molecule has 0 N–H and O–H groups in total. The number of hydrogen-bond donors (Lipinski definition) is 0. The van der Waals surface area contributed by atoms with Crippen molar-refractivity contribution in [2.24, 2.45) is 0 Å². The first-order valence-corrected chi connectivity index (χ1v) is 5.11. The van der Waals surface area contributed by atoms with E-state index in [-0.39, 0.29) is 31.9 Å². The molecule has 0 saturated heterocycles. The van der Waals surface area contributed by atoms with Gasteiger partial charge in [0.05, 0.1) is 6.61 Å². The smallest absolute Gasteiger partial charge is 0.325 e. The summed E-state index contributed by atoms with van der Waals surface area (Å²) >= 11 is 0. The molecule has 0 atom stereocenters. The Balaban J connectivity index is 4.01. The van der Waals surface area contributed by atoms with Crippen molar-refractivity contribution < 1.29 is 23.9 Å². The average Bonchev–Trinajstić information content (AvgIpc) is 2.26. The van der Waals surface area contributed by atoms with Crippen LogP contribution in [0.1, 0.15) is 19.8 Å². The van der Waals surface area contributed by atoms with Crippen LogP contribution in [0.4, 0.5) is 0 Å². The first-order chi connectivity index (χ1) is 8.01. The molecule has 17 heavy (non-hydrogen) atoms. The summed E-state index contributed by atoms with van der Waals surface area (Å²) in [5.41, 5.74) is 8.08. The molecule has 0 saturated carbocycles. The maximum Gasteiger partial charge on any atom is 0.325 e. The number of Topliss-reactive ketones (excluding diaryl/α,β-unsaturated/α-hetero) is 1. The first-order valence-electron chi connectivity index (χ1n) is 5.11. The molecule has 0 aliphatic heterocycles. The molecule has 7 nitrogen and oxygen atoms in total. The van der Waals surface area contributed by atoms with Crippen molar-refractivity contribution in [2.75, 3.05) is 20.2 Å². The lowest BCUT2D eigenvalue weighted by molar-refractivity contribution is -0.148. The number of esters is 1. The summed E-state index contributed by atoms with van der Waals surface area (Å²) in [6, 6.07) is 0. The van der Waals surface area contributed by atoms with Crippen molar-refractivity contribution >= 4 is 23.9 Å². The van der Waals surface area contributed by atoms with E-state index in [1.807, 2.05) is 0 Å². The quantitative estimate of drug-likeness (QED) is 0.263. The van der Waals surface area contributed by atoms with Gasteiger partial charge in [0.2, 0.25) is 11.7 Å². The molecule has 0 aromatic heterocycles. The van der Waals surface area contributed by atoms with Crippen molar-refractivity contribution in [3.63, 3.8) is 0 Å². The van der Waals surface area contributed by atoms with Crippen molar-refractivity contribution in [3.8, 4) is 0 Å². The molecule has 0 fully saturated rings. The fourth-order valence-corrected chi connectivity index (χ4v) is 1.04. The van der Waals surface area contributed by atoms with Crippen molar-refractivity contribution in [3.05, 3.63) is 5.53 Å². The molecule has 0 radical (unpaired) electrons. The van der Waals surface area contributed by atoms with Crippen molar-refractivity contribution in [1.82, 2.24) is 4.90 Å². The van der Waals surface area contributed by atoms with Crippen LogP contribution in [0.3, 0.4) is 0 Å². The van der Waals surface area contributed by atoms with E-state index in [1.165, 1.54) is 11.9 Å². The van der Waals surface area contributed by atoms with Gasteiger partial charge in [-0.3, -0.25) is 14.4 Å². The topological polar surface area (TPSA) is 100 Å². The van der Waals surface area contributed by atoms with Crippen LogP contribution in [-0.2, 0) is 19.1 Å². The highest BCUT2D eigenvalue weighted by Crippen LogP contribution is 1.96. The highest BCUT2D eigenvalue weighted by atomic mass is 16.5. The molecule has 0 aromatic carbocycles. The van der Waals surface area contributed by atoms with Crippen LogP contribution in [0.5, 0.6) is 0 Å². The van der Waals surface area contributed by atoms with Crippen LogP contribution in [0.15, 0.2) is 0 Å². The van der Waals surface area contributed by atoms with E-state index in [4.69, 9.17) is 5.53 Å². The van der Waals surface area contributed by atoms with Crippen LogP contribution >= 0.6 is 0 Å². The number of hydrogen-bond acceptors (Lipinski definition) is 4. The van der Waals surface area contributed by atoms with E-state index in [0.29, 0.717) is 0 Å². The maximum absolute atomic E-state index is 11.5. The fourth-order valence-electron chi connectivity index (χ4n) is 1.04. The van der Waals surface area contributed by atoms with E-state index >= 15 is 0 Å². The second-order valence-corrected chi connectivity index (χ2v) is 3.27. The molecule has 94 valence electrons. The van der Waals surface area contributed by atoms with Crippen LogP contribution in [-0.4, -0.2) is 53.8 Å². The lowest BCUT2D eigenvalue weighted by Crippen LogP contribution is -2.33. The van der Waals surface area contributed by atoms with Gasteiger partial charge in [0.15, 0.2) is 0 Å². The minimum absolute atomic E-state index is 0.0409. The number of ketones is 1. The zero-order valence-electron chi connectivity index (χ0n) is 9.88. The molecule has 0 spiro atoms. The molecule has 0 aliphatic rings. The van der Waals surface area contributed by atoms with E-state index in [0.717, 1.165) is 6.21 Å². The number of amides is 1. The third kappa shape index (κ3) is 6.97. The zero-order valence-corrected chi connectivity index (χ0v) is 9.88. The Bertz CT molecular complexity index is 347. The minimum Gasteiger partial charge on any atom is -0.465 e. The number of likely N-dealkylation sites (N-methyl/N-ethyl adjacent to an activating group) is 1. The second-order valence-electron chi connectivity index (χ2n) is 3.27. The number of rotatable bonds is 7. The molecule has 1 amide bonds. The average molecular weight is 241 g/mol. The van der Waals surface area contributed by atoms with Gasteiger partial charge in [-0.15, -0.1) is 0 Å². The highest BCUT2D eigenvalue weighted by Gasteiger charge is 2.15. The number of carbonyl (C=O) groups is 3. The summed E-state index contributed by atoms with van der Waals surface area (Å²) in [6.07, 6.45) is 0.634. The van der Waals surface area contributed by atoms with Crippen LogP contribution in [0.25, 0.3) is 5.53 Å². The van der Waals surface area contributed by atoms with Gasteiger partial charge >= 0.3 is 12.2 Å². The Morgan fingerprint density at radius 2 is 2.00 bits per heavy atom. The Morgan fingerprint density at radius 3 is 2.53 bits per heavy atom. The molecule has 7 heteroatoms. The molecule has 0 bridgehead atoms. The van der Waals surface area contributed by atoms with Gasteiger partial charge in [0, 0.05) is 19.9 Å². The molecule has 0 aromatic rings. The molecule has 0 rings (SSSR count). The van der Waals surface area contributed by atoms with Gasteiger partial charge < -0.3 is 15.2 Å². The molecular formula is C10H15N3O4. The number of nitrogens with zero attached hydrogens (tertiary/aromatic N) is 3. The van der Waals surface area contributed by atoms with E-state index in [2.05, 4.69) is 9.53 Å². The summed E-state index contributed by atoms with van der Waals surface area (Å²) in [6.45, 7) is 1.79. The Morgan fingerprint density at radius 1 is 1.35 bits per heavy atom. The summed E-state index contributed by atoms with van der Waals surface area (Å²) in [4.78, 5) is 37.2. The van der Waals surface area contributed by atoms with Crippen LogP contribution in [0, 0.1) is 0 Å².